The maximum absolute atomic E-state index is 11.3. The standard InChI is InChI=1S/C29H38Cl2O4/c1-6-29(7-2,20-10-8-19(23(30)16-20)9-14-26(32)28(3,4)5)21-11-13-25(24(31)17-21)34-18-22-12-15-27(33)35-22/h8,10-11,13,16-17,22,26,32H,6-7,9,12,14-15,18H2,1-5H3/t22-,26+/m1/s1. The Morgan fingerprint density at radius 2 is 1.69 bits per heavy atom. The van der Waals surface area contributed by atoms with E-state index in [4.69, 9.17) is 32.7 Å². The van der Waals surface area contributed by atoms with Gasteiger partial charge in [-0.05, 0) is 72.4 Å². The summed E-state index contributed by atoms with van der Waals surface area (Å²) < 4.78 is 11.1. The molecule has 2 atom stereocenters. The van der Waals surface area contributed by atoms with Crippen molar-refractivity contribution in [3.8, 4) is 5.75 Å². The molecule has 3 rings (SSSR count). The van der Waals surface area contributed by atoms with Crippen molar-refractivity contribution in [2.24, 2.45) is 5.41 Å². The minimum Gasteiger partial charge on any atom is -0.488 e. The van der Waals surface area contributed by atoms with Crippen LogP contribution in [0.1, 0.15) is 83.4 Å². The first kappa shape index (κ1) is 27.8. The van der Waals surface area contributed by atoms with Crippen molar-refractivity contribution in [3.05, 3.63) is 63.1 Å². The SMILES string of the molecule is CCC(CC)(c1ccc(CC[C@H](O)C(C)(C)C)c(Cl)c1)c1ccc(OC[C@H]2CCC(=O)O2)c(Cl)c1. The van der Waals surface area contributed by atoms with Crippen LogP contribution >= 0.6 is 23.2 Å². The molecule has 2 aromatic carbocycles. The molecule has 35 heavy (non-hydrogen) atoms. The number of aliphatic hydroxyl groups is 1. The molecule has 2 aromatic rings. The number of ether oxygens (including phenoxy) is 2. The fraction of sp³-hybridized carbons (Fsp3) is 0.552. The van der Waals surface area contributed by atoms with E-state index in [1.807, 2.05) is 32.9 Å². The molecule has 0 amide bonds. The molecule has 1 saturated heterocycles. The lowest BCUT2D eigenvalue weighted by Crippen LogP contribution is -2.27. The molecular formula is C29H38Cl2O4. The lowest BCUT2D eigenvalue weighted by atomic mass is 9.70. The van der Waals surface area contributed by atoms with Gasteiger partial charge in [0.2, 0.25) is 0 Å². The number of esters is 1. The molecule has 6 heteroatoms. The zero-order valence-corrected chi connectivity index (χ0v) is 23.0. The molecule has 0 aliphatic carbocycles. The molecule has 0 unspecified atom stereocenters. The van der Waals surface area contributed by atoms with E-state index in [0.717, 1.165) is 41.0 Å². The molecule has 1 fully saturated rings. The number of carbonyl (C=O) groups is 1. The first-order chi connectivity index (χ1) is 16.5. The molecule has 0 radical (unpaired) electrons. The van der Waals surface area contributed by atoms with E-state index in [-0.39, 0.29) is 29.0 Å². The van der Waals surface area contributed by atoms with E-state index in [1.165, 1.54) is 0 Å². The van der Waals surface area contributed by atoms with E-state index >= 15 is 0 Å². The summed E-state index contributed by atoms with van der Waals surface area (Å²) in [6.45, 7) is 10.8. The van der Waals surface area contributed by atoms with Crippen molar-refractivity contribution in [3.63, 3.8) is 0 Å². The van der Waals surface area contributed by atoms with E-state index in [9.17, 15) is 9.90 Å². The van der Waals surface area contributed by atoms with Crippen molar-refractivity contribution >= 4 is 29.2 Å². The first-order valence-corrected chi connectivity index (χ1v) is 13.3. The largest absolute Gasteiger partial charge is 0.488 e. The monoisotopic (exact) mass is 520 g/mol. The van der Waals surface area contributed by atoms with Crippen LogP contribution in [0.2, 0.25) is 10.0 Å². The van der Waals surface area contributed by atoms with Crippen LogP contribution < -0.4 is 4.74 Å². The number of benzene rings is 2. The Kier molecular flexibility index (Phi) is 9.17. The minimum absolute atomic E-state index is 0.150. The highest BCUT2D eigenvalue weighted by Gasteiger charge is 2.32. The second kappa shape index (κ2) is 11.5. The third-order valence-electron chi connectivity index (χ3n) is 7.38. The summed E-state index contributed by atoms with van der Waals surface area (Å²) in [5.74, 6) is 0.413. The molecule has 0 aromatic heterocycles. The van der Waals surface area contributed by atoms with Gasteiger partial charge in [0.05, 0.1) is 11.1 Å². The number of aliphatic hydroxyl groups excluding tert-OH is 1. The Bertz CT molecular complexity index is 1020. The van der Waals surface area contributed by atoms with Crippen LogP contribution in [-0.4, -0.2) is 29.9 Å². The van der Waals surface area contributed by atoms with Gasteiger partial charge in [0, 0.05) is 16.9 Å². The van der Waals surface area contributed by atoms with Crippen molar-refractivity contribution in [1.82, 2.24) is 0 Å². The summed E-state index contributed by atoms with van der Waals surface area (Å²) >= 11 is 13.4. The van der Waals surface area contributed by atoms with Gasteiger partial charge in [-0.15, -0.1) is 0 Å². The summed E-state index contributed by atoms with van der Waals surface area (Å²) in [5.41, 5.74) is 2.92. The summed E-state index contributed by atoms with van der Waals surface area (Å²) in [5, 5.41) is 11.7. The summed E-state index contributed by atoms with van der Waals surface area (Å²) in [6.07, 6.45) is 3.70. The van der Waals surface area contributed by atoms with Gasteiger partial charge in [-0.3, -0.25) is 4.79 Å². The summed E-state index contributed by atoms with van der Waals surface area (Å²) in [7, 11) is 0. The number of aryl methyl sites for hydroxylation is 1. The fourth-order valence-corrected chi connectivity index (χ4v) is 5.31. The second-order valence-corrected chi connectivity index (χ2v) is 11.4. The number of rotatable bonds is 10. The van der Waals surface area contributed by atoms with Gasteiger partial charge in [-0.1, -0.05) is 76.0 Å². The van der Waals surface area contributed by atoms with E-state index in [1.54, 1.807) is 0 Å². The van der Waals surface area contributed by atoms with E-state index in [0.29, 0.717) is 36.6 Å². The minimum atomic E-state index is -0.382. The molecule has 1 N–H and O–H groups in total. The number of halogens is 2. The Hall–Kier alpha value is -1.75. The van der Waals surface area contributed by atoms with Crippen LogP contribution in [0.4, 0.5) is 0 Å². The normalized spacial score (nSPS) is 17.4. The molecular weight excluding hydrogens is 483 g/mol. The predicted octanol–water partition coefficient (Wildman–Crippen LogP) is 7.52. The zero-order valence-electron chi connectivity index (χ0n) is 21.5. The molecule has 192 valence electrons. The van der Waals surface area contributed by atoms with Gasteiger partial charge in [0.15, 0.2) is 0 Å². The second-order valence-electron chi connectivity index (χ2n) is 10.6. The van der Waals surface area contributed by atoms with Crippen LogP contribution in [0.15, 0.2) is 36.4 Å². The smallest absolute Gasteiger partial charge is 0.306 e. The van der Waals surface area contributed by atoms with Gasteiger partial charge < -0.3 is 14.6 Å². The van der Waals surface area contributed by atoms with Crippen LogP contribution in [0.5, 0.6) is 5.75 Å². The Morgan fingerprint density at radius 3 is 2.20 bits per heavy atom. The third kappa shape index (κ3) is 6.53. The molecule has 0 bridgehead atoms. The van der Waals surface area contributed by atoms with Gasteiger partial charge in [-0.25, -0.2) is 0 Å². The Labute approximate surface area is 219 Å². The Balaban J connectivity index is 1.80. The topological polar surface area (TPSA) is 55.8 Å². The fourth-order valence-electron chi connectivity index (χ4n) is 4.80. The number of hydrogen-bond donors (Lipinski definition) is 1. The van der Waals surface area contributed by atoms with Crippen LogP contribution in [0.3, 0.4) is 0 Å². The zero-order chi connectivity index (χ0) is 25.8. The molecule has 4 nitrogen and oxygen atoms in total. The van der Waals surface area contributed by atoms with Crippen molar-refractivity contribution in [2.45, 2.75) is 90.8 Å². The van der Waals surface area contributed by atoms with Gasteiger partial charge in [0.1, 0.15) is 18.5 Å². The third-order valence-corrected chi connectivity index (χ3v) is 8.02. The lowest BCUT2D eigenvalue weighted by molar-refractivity contribution is -0.142. The highest BCUT2D eigenvalue weighted by Crippen LogP contribution is 2.42. The Morgan fingerprint density at radius 1 is 1.06 bits per heavy atom. The molecule has 1 heterocycles. The van der Waals surface area contributed by atoms with Crippen LogP contribution in [0, 0.1) is 5.41 Å². The maximum Gasteiger partial charge on any atom is 0.306 e. The first-order valence-electron chi connectivity index (χ1n) is 12.6. The van der Waals surface area contributed by atoms with Gasteiger partial charge in [-0.2, -0.15) is 0 Å². The van der Waals surface area contributed by atoms with Gasteiger partial charge >= 0.3 is 5.97 Å². The highest BCUT2D eigenvalue weighted by atomic mass is 35.5. The highest BCUT2D eigenvalue weighted by molar-refractivity contribution is 6.32. The quantitative estimate of drug-likeness (QED) is 0.329. The van der Waals surface area contributed by atoms with Crippen molar-refractivity contribution in [1.29, 1.82) is 0 Å². The number of hydrogen-bond acceptors (Lipinski definition) is 4. The van der Waals surface area contributed by atoms with Crippen LogP contribution in [0.25, 0.3) is 0 Å². The summed E-state index contributed by atoms with van der Waals surface area (Å²) in [6, 6.07) is 12.3. The molecule has 0 spiro atoms. The number of carbonyl (C=O) groups excluding carboxylic acids is 1. The lowest BCUT2D eigenvalue weighted by Gasteiger charge is -2.34. The molecule has 0 saturated carbocycles. The van der Waals surface area contributed by atoms with Gasteiger partial charge in [0.25, 0.3) is 0 Å². The van der Waals surface area contributed by atoms with Crippen LogP contribution in [-0.2, 0) is 21.4 Å². The average molecular weight is 522 g/mol. The van der Waals surface area contributed by atoms with Crippen molar-refractivity contribution < 1.29 is 19.4 Å². The van der Waals surface area contributed by atoms with E-state index in [2.05, 4.69) is 38.1 Å². The predicted molar refractivity (Wildman–Crippen MR) is 143 cm³/mol. The molecule has 1 aliphatic rings. The van der Waals surface area contributed by atoms with E-state index < -0.39 is 0 Å². The maximum atomic E-state index is 11.3. The number of cyclic esters (lactones) is 1. The molecule has 1 aliphatic heterocycles. The van der Waals surface area contributed by atoms with Crippen molar-refractivity contribution in [2.75, 3.05) is 6.61 Å². The summed E-state index contributed by atoms with van der Waals surface area (Å²) in [4.78, 5) is 11.3. The average Bonchev–Trinajstić information content (AvgIpc) is 3.23.